The van der Waals surface area contributed by atoms with E-state index in [0.29, 0.717) is 5.56 Å². The first-order valence-corrected chi connectivity index (χ1v) is 3.58. The molecule has 0 aliphatic heterocycles. The fourth-order valence-electron chi connectivity index (χ4n) is 0.936. The maximum atomic E-state index is 9.31. The molecule has 1 unspecified atom stereocenters. The van der Waals surface area contributed by atoms with E-state index in [2.05, 4.69) is 0 Å². The number of phenolic OH excluding ortho intramolecular Hbond substituents is 1. The van der Waals surface area contributed by atoms with Crippen LogP contribution in [-0.2, 0) is 0 Å². The quantitative estimate of drug-likeness (QED) is 0.494. The van der Waals surface area contributed by atoms with Gasteiger partial charge in [-0.2, -0.15) is 0 Å². The Morgan fingerprint density at radius 1 is 1.42 bits per heavy atom. The van der Waals surface area contributed by atoms with Crippen molar-refractivity contribution in [3.8, 4) is 5.75 Å². The van der Waals surface area contributed by atoms with Gasteiger partial charge in [-0.05, 0) is 17.7 Å². The molecular formula is C8H11NO3. The molecule has 1 aromatic carbocycles. The average Bonchev–Trinajstić information content (AvgIpc) is 2.05. The molecule has 1 atom stereocenters. The molecule has 0 aliphatic carbocycles. The van der Waals surface area contributed by atoms with Gasteiger partial charge >= 0.3 is 0 Å². The molecule has 0 aliphatic rings. The maximum Gasteiger partial charge on any atom is 0.115 e. The fourth-order valence-corrected chi connectivity index (χ4v) is 0.936. The second kappa shape index (κ2) is 4.06. The van der Waals surface area contributed by atoms with E-state index in [4.69, 9.17) is 10.3 Å². The molecule has 0 spiro atoms. The molecule has 0 bridgehead atoms. The summed E-state index contributed by atoms with van der Waals surface area (Å²) in [5.74, 6) is 0.101. The largest absolute Gasteiger partial charge is 0.508 e. The van der Waals surface area contributed by atoms with Crippen molar-refractivity contribution in [2.24, 2.45) is 0 Å². The first-order chi connectivity index (χ1) is 5.74. The van der Waals surface area contributed by atoms with Gasteiger partial charge in [-0.1, -0.05) is 12.1 Å². The summed E-state index contributed by atoms with van der Waals surface area (Å²) in [4.78, 5) is 0. The van der Waals surface area contributed by atoms with Gasteiger partial charge in [0.05, 0.1) is 12.6 Å². The van der Waals surface area contributed by atoms with Crippen LogP contribution in [0.15, 0.2) is 24.3 Å². The lowest BCUT2D eigenvalue weighted by atomic mass is 10.1. The number of benzene rings is 1. The van der Waals surface area contributed by atoms with E-state index in [1.165, 1.54) is 12.1 Å². The van der Waals surface area contributed by atoms with Crippen LogP contribution in [-0.4, -0.2) is 22.0 Å². The van der Waals surface area contributed by atoms with Gasteiger partial charge in [-0.3, -0.25) is 0 Å². The van der Waals surface area contributed by atoms with Gasteiger partial charge in [0.2, 0.25) is 0 Å². The summed E-state index contributed by atoms with van der Waals surface area (Å²) in [5.41, 5.74) is 2.42. The second-order valence-electron chi connectivity index (χ2n) is 2.47. The second-order valence-corrected chi connectivity index (χ2v) is 2.47. The summed E-state index contributed by atoms with van der Waals surface area (Å²) >= 11 is 0. The number of phenols is 1. The molecular weight excluding hydrogens is 158 g/mol. The molecule has 1 aromatic rings. The standard InChI is InChI=1S/C8H11NO3/c10-7-3-1-2-6(4-7)8(11)5-9-12/h1-4,8-12H,5H2. The van der Waals surface area contributed by atoms with E-state index in [1.54, 1.807) is 12.1 Å². The minimum atomic E-state index is -0.804. The minimum Gasteiger partial charge on any atom is -0.508 e. The molecule has 0 aromatic heterocycles. The van der Waals surface area contributed by atoms with E-state index in [9.17, 15) is 5.11 Å². The third-order valence-electron chi connectivity index (χ3n) is 1.54. The van der Waals surface area contributed by atoms with Crippen LogP contribution in [0.4, 0.5) is 0 Å². The molecule has 0 saturated carbocycles. The van der Waals surface area contributed by atoms with E-state index in [-0.39, 0.29) is 12.3 Å². The highest BCUT2D eigenvalue weighted by atomic mass is 16.5. The van der Waals surface area contributed by atoms with Crippen molar-refractivity contribution in [2.45, 2.75) is 6.10 Å². The topological polar surface area (TPSA) is 72.7 Å². The predicted molar refractivity (Wildman–Crippen MR) is 42.9 cm³/mol. The van der Waals surface area contributed by atoms with Crippen molar-refractivity contribution >= 4 is 0 Å². The summed E-state index contributed by atoms with van der Waals surface area (Å²) in [7, 11) is 0. The lowest BCUT2D eigenvalue weighted by Crippen LogP contribution is -2.17. The van der Waals surface area contributed by atoms with Crippen LogP contribution in [0, 0.1) is 0 Å². The molecule has 66 valence electrons. The summed E-state index contributed by atoms with van der Waals surface area (Å²) < 4.78 is 0. The summed E-state index contributed by atoms with van der Waals surface area (Å²) in [6.07, 6.45) is -0.804. The lowest BCUT2D eigenvalue weighted by molar-refractivity contribution is 0.0920. The molecule has 0 radical (unpaired) electrons. The highest BCUT2D eigenvalue weighted by Crippen LogP contribution is 2.17. The third-order valence-corrected chi connectivity index (χ3v) is 1.54. The zero-order valence-electron chi connectivity index (χ0n) is 6.44. The van der Waals surface area contributed by atoms with Crippen LogP contribution >= 0.6 is 0 Å². The van der Waals surface area contributed by atoms with Gasteiger partial charge in [0.15, 0.2) is 0 Å². The predicted octanol–water partition coefficient (Wildman–Crippen LogP) is 0.404. The summed E-state index contributed by atoms with van der Waals surface area (Å²) in [5, 5.41) is 26.6. The first-order valence-electron chi connectivity index (χ1n) is 3.58. The van der Waals surface area contributed by atoms with Crippen LogP contribution in [0.5, 0.6) is 5.75 Å². The van der Waals surface area contributed by atoms with Gasteiger partial charge in [0.25, 0.3) is 0 Å². The van der Waals surface area contributed by atoms with Crippen molar-refractivity contribution in [2.75, 3.05) is 6.54 Å². The van der Waals surface area contributed by atoms with E-state index >= 15 is 0 Å². The normalized spacial score (nSPS) is 12.8. The van der Waals surface area contributed by atoms with Gasteiger partial charge in [0.1, 0.15) is 5.75 Å². The molecule has 4 nitrogen and oxygen atoms in total. The van der Waals surface area contributed by atoms with Crippen molar-refractivity contribution in [1.29, 1.82) is 0 Å². The minimum absolute atomic E-state index is 0.0451. The first kappa shape index (κ1) is 8.99. The third kappa shape index (κ3) is 2.20. The van der Waals surface area contributed by atoms with Crippen LogP contribution < -0.4 is 5.48 Å². The van der Waals surface area contributed by atoms with Gasteiger partial charge in [0, 0.05) is 0 Å². The van der Waals surface area contributed by atoms with Gasteiger partial charge in [-0.15, -0.1) is 0 Å². The lowest BCUT2D eigenvalue weighted by Gasteiger charge is -2.08. The van der Waals surface area contributed by atoms with Crippen LogP contribution in [0.3, 0.4) is 0 Å². The molecule has 0 fully saturated rings. The van der Waals surface area contributed by atoms with Crippen LogP contribution in [0.25, 0.3) is 0 Å². The van der Waals surface area contributed by atoms with Gasteiger partial charge < -0.3 is 15.4 Å². The number of rotatable bonds is 3. The summed E-state index contributed by atoms with van der Waals surface area (Å²) in [6, 6.07) is 6.26. The highest BCUT2D eigenvalue weighted by molar-refractivity contribution is 5.28. The smallest absolute Gasteiger partial charge is 0.115 e. The number of hydrogen-bond acceptors (Lipinski definition) is 4. The number of aliphatic hydroxyl groups is 1. The molecule has 4 N–H and O–H groups in total. The highest BCUT2D eigenvalue weighted by Gasteiger charge is 2.06. The van der Waals surface area contributed by atoms with Crippen molar-refractivity contribution in [3.05, 3.63) is 29.8 Å². The van der Waals surface area contributed by atoms with E-state index < -0.39 is 6.10 Å². The number of aliphatic hydroxyl groups excluding tert-OH is 1. The molecule has 12 heavy (non-hydrogen) atoms. The number of aromatic hydroxyl groups is 1. The maximum absolute atomic E-state index is 9.31. The SMILES string of the molecule is ONCC(O)c1cccc(O)c1. The van der Waals surface area contributed by atoms with Crippen molar-refractivity contribution in [3.63, 3.8) is 0 Å². The van der Waals surface area contributed by atoms with E-state index in [0.717, 1.165) is 0 Å². The Bertz CT molecular complexity index is 252. The van der Waals surface area contributed by atoms with Crippen molar-refractivity contribution in [1.82, 2.24) is 5.48 Å². The Morgan fingerprint density at radius 3 is 2.75 bits per heavy atom. The Morgan fingerprint density at radius 2 is 2.17 bits per heavy atom. The molecule has 0 saturated heterocycles. The summed E-state index contributed by atoms with van der Waals surface area (Å²) in [6.45, 7) is 0.0451. The Labute approximate surface area is 70.0 Å². The molecule has 0 heterocycles. The zero-order valence-corrected chi connectivity index (χ0v) is 6.44. The Balaban J connectivity index is 2.73. The monoisotopic (exact) mass is 169 g/mol. The number of hydroxylamine groups is 1. The zero-order chi connectivity index (χ0) is 8.97. The molecule has 4 heteroatoms. The fraction of sp³-hybridized carbons (Fsp3) is 0.250. The molecule has 0 amide bonds. The van der Waals surface area contributed by atoms with Crippen LogP contribution in [0.1, 0.15) is 11.7 Å². The number of nitrogens with one attached hydrogen (secondary N) is 1. The number of hydrogen-bond donors (Lipinski definition) is 4. The van der Waals surface area contributed by atoms with Gasteiger partial charge in [-0.25, -0.2) is 5.48 Å². The average molecular weight is 169 g/mol. The van der Waals surface area contributed by atoms with Crippen molar-refractivity contribution < 1.29 is 15.4 Å². The molecule has 1 rings (SSSR count). The Hall–Kier alpha value is -1.10. The van der Waals surface area contributed by atoms with Crippen LogP contribution in [0.2, 0.25) is 0 Å². The Kier molecular flexibility index (Phi) is 3.04. The van der Waals surface area contributed by atoms with E-state index in [1.807, 2.05) is 5.48 Å².